The van der Waals surface area contributed by atoms with Crippen LogP contribution in [-0.2, 0) is 19.2 Å². The van der Waals surface area contributed by atoms with Gasteiger partial charge in [0.2, 0.25) is 5.65 Å². The smallest absolute Gasteiger partial charge is 0.352 e. The number of anilines is 2. The fourth-order valence-corrected chi connectivity index (χ4v) is 6.41. The molecule has 3 aromatic heterocycles. The molecule has 0 aromatic carbocycles. The van der Waals surface area contributed by atoms with Gasteiger partial charge in [-0.1, -0.05) is 5.16 Å². The number of hydrogen-bond donors (Lipinski definition) is 5. The summed E-state index contributed by atoms with van der Waals surface area (Å²) in [6, 6.07) is 0.668. The number of carbonyl (C=O) groups is 3. The number of carboxylic acid groups (broad SMARTS) is 1. The lowest BCUT2D eigenvalue weighted by Crippen LogP contribution is -2.71. The molecule has 5 heterocycles. The van der Waals surface area contributed by atoms with E-state index in [4.69, 9.17) is 10.6 Å². The third-order valence-corrected chi connectivity index (χ3v) is 8.28. The molecule has 2 aliphatic rings. The molecule has 5 rings (SSSR count). The predicted molar refractivity (Wildman–Crippen MR) is 140 cm³/mol. The molecule has 0 aliphatic carbocycles. The number of β-lactam (4-membered cyclic amide) rings is 1. The maximum atomic E-state index is 13.1. The number of fused-ring (bicyclic) bond motifs is 2. The zero-order valence-electron chi connectivity index (χ0n) is 19.6. The number of amides is 2. The number of rotatable bonds is 8. The van der Waals surface area contributed by atoms with Crippen molar-refractivity contribution in [2.75, 3.05) is 31.0 Å². The van der Waals surface area contributed by atoms with Gasteiger partial charge in [-0.2, -0.15) is 17.7 Å². The number of nitrogen functional groups attached to an aromatic ring is 1. The molecular formula is C19H19N11O5S3. The molecule has 0 saturated carbocycles. The first kappa shape index (κ1) is 25.7. The SMILES string of the molecule is CNc1cc(C(S)C2=C(C(=O)O)N3C(=O)C(NC(=O)/C(=N/OC)c4csc(N)n4)C3SC2)nn2nnnc12. The molecule has 3 aromatic rings. The average molecular weight is 578 g/mol. The van der Waals surface area contributed by atoms with Crippen LogP contribution in [0.25, 0.3) is 5.65 Å². The van der Waals surface area contributed by atoms with E-state index >= 15 is 0 Å². The third kappa shape index (κ3) is 4.27. The summed E-state index contributed by atoms with van der Waals surface area (Å²) in [5.74, 6) is -2.41. The molecule has 16 nitrogen and oxygen atoms in total. The predicted octanol–water partition coefficient (Wildman–Crippen LogP) is -0.640. The highest BCUT2D eigenvalue weighted by molar-refractivity contribution is 8.00. The molecule has 3 atom stereocenters. The van der Waals surface area contributed by atoms with Crippen LogP contribution in [0.1, 0.15) is 16.6 Å². The lowest BCUT2D eigenvalue weighted by molar-refractivity contribution is -0.150. The molecule has 2 amide bonds. The van der Waals surface area contributed by atoms with E-state index in [2.05, 4.69) is 54.0 Å². The molecule has 38 heavy (non-hydrogen) atoms. The molecular weight excluding hydrogens is 558 g/mol. The highest BCUT2D eigenvalue weighted by Crippen LogP contribution is 2.45. The number of thiazole rings is 1. The van der Waals surface area contributed by atoms with Gasteiger partial charge in [0, 0.05) is 18.2 Å². The van der Waals surface area contributed by atoms with Gasteiger partial charge in [0.05, 0.1) is 16.6 Å². The van der Waals surface area contributed by atoms with Crippen LogP contribution >= 0.6 is 35.7 Å². The molecule has 198 valence electrons. The molecule has 1 fully saturated rings. The second-order valence-electron chi connectivity index (χ2n) is 7.86. The summed E-state index contributed by atoms with van der Waals surface area (Å²) in [7, 11) is 2.95. The summed E-state index contributed by atoms with van der Waals surface area (Å²) in [4.78, 5) is 48.3. The molecule has 0 radical (unpaired) electrons. The number of aromatic nitrogens is 6. The number of tetrazole rings is 1. The lowest BCUT2D eigenvalue weighted by Gasteiger charge is -2.49. The highest BCUT2D eigenvalue weighted by Gasteiger charge is 2.55. The van der Waals surface area contributed by atoms with Crippen molar-refractivity contribution >= 4 is 75.7 Å². The van der Waals surface area contributed by atoms with E-state index in [1.54, 1.807) is 13.1 Å². The van der Waals surface area contributed by atoms with Crippen molar-refractivity contribution in [2.45, 2.75) is 16.7 Å². The van der Waals surface area contributed by atoms with Crippen LogP contribution in [0.15, 0.2) is 27.9 Å². The first-order valence-electron chi connectivity index (χ1n) is 10.7. The summed E-state index contributed by atoms with van der Waals surface area (Å²) in [6.45, 7) is 0. The summed E-state index contributed by atoms with van der Waals surface area (Å²) in [5.41, 5.74) is 7.15. The standard InChI is InChI=1S/C19H19N11O5S3/c1-21-8-3-7(25-30-14(8)24-27-28-30)13(36)6-4-37-17-11(16(32)29(17)12(6)18(33)34)23-15(31)10(26-35-2)9-5-38-19(20)22-9/h3,5,11,13,17,21,36H,4H2,1-2H3,(H2,20,22)(H,23,31)(H,33,34)/b26-10+. The number of nitrogens with zero attached hydrogens (tertiary/aromatic N) is 8. The Morgan fingerprint density at radius 3 is 2.87 bits per heavy atom. The van der Waals surface area contributed by atoms with Crippen molar-refractivity contribution in [1.82, 2.24) is 40.5 Å². The number of carboxylic acids is 1. The summed E-state index contributed by atoms with van der Waals surface area (Å²) in [6.07, 6.45) is 0. The van der Waals surface area contributed by atoms with Crippen LogP contribution in [0.3, 0.4) is 0 Å². The minimum Gasteiger partial charge on any atom is -0.477 e. The number of thiol groups is 1. The van der Waals surface area contributed by atoms with Crippen LogP contribution in [0.2, 0.25) is 0 Å². The van der Waals surface area contributed by atoms with Gasteiger partial charge in [-0.15, -0.1) is 32.8 Å². The van der Waals surface area contributed by atoms with E-state index in [0.29, 0.717) is 22.6 Å². The number of aliphatic carboxylic acids is 1. The van der Waals surface area contributed by atoms with E-state index < -0.39 is 34.4 Å². The Labute approximate surface area is 227 Å². The van der Waals surface area contributed by atoms with Gasteiger partial charge in [0.1, 0.15) is 29.9 Å². The first-order valence-corrected chi connectivity index (χ1v) is 13.2. The highest BCUT2D eigenvalue weighted by atomic mass is 32.2. The number of nitrogens with one attached hydrogen (secondary N) is 2. The third-order valence-electron chi connectivity index (χ3n) is 5.73. The fraction of sp³-hybridized carbons (Fsp3) is 0.316. The van der Waals surface area contributed by atoms with Gasteiger partial charge in [0.25, 0.3) is 11.8 Å². The molecule has 5 N–H and O–H groups in total. The second kappa shape index (κ2) is 10.1. The van der Waals surface area contributed by atoms with Gasteiger partial charge in [-0.3, -0.25) is 14.5 Å². The Bertz CT molecular complexity index is 1520. The molecule has 2 aliphatic heterocycles. The first-order chi connectivity index (χ1) is 18.2. The van der Waals surface area contributed by atoms with Crippen molar-refractivity contribution in [3.63, 3.8) is 0 Å². The van der Waals surface area contributed by atoms with Crippen molar-refractivity contribution in [1.29, 1.82) is 0 Å². The number of oxime groups is 1. The summed E-state index contributed by atoms with van der Waals surface area (Å²) >= 11 is 7.04. The zero-order chi connectivity index (χ0) is 27.1. The number of thioether (sulfide) groups is 1. The number of nitrogens with two attached hydrogens (primary N) is 1. The van der Waals surface area contributed by atoms with E-state index in [-0.39, 0.29) is 28.0 Å². The Morgan fingerprint density at radius 1 is 1.42 bits per heavy atom. The van der Waals surface area contributed by atoms with Crippen molar-refractivity contribution in [3.8, 4) is 0 Å². The van der Waals surface area contributed by atoms with Gasteiger partial charge < -0.3 is 26.3 Å². The van der Waals surface area contributed by atoms with E-state index in [9.17, 15) is 19.5 Å². The van der Waals surface area contributed by atoms with Crippen molar-refractivity contribution in [2.24, 2.45) is 5.16 Å². The van der Waals surface area contributed by atoms with Gasteiger partial charge in [-0.05, 0) is 22.1 Å². The molecule has 3 unspecified atom stereocenters. The van der Waals surface area contributed by atoms with Gasteiger partial charge >= 0.3 is 5.97 Å². The second-order valence-corrected chi connectivity index (χ2v) is 10.4. The molecule has 19 heteroatoms. The number of hydrogen-bond acceptors (Lipinski definition) is 15. The van der Waals surface area contributed by atoms with Crippen LogP contribution in [0.4, 0.5) is 10.8 Å². The quantitative estimate of drug-likeness (QED) is 0.0976. The van der Waals surface area contributed by atoms with Gasteiger partial charge in [-0.25, -0.2) is 9.78 Å². The Kier molecular flexibility index (Phi) is 6.80. The topological polar surface area (TPSA) is 215 Å². The normalized spacial score (nSPS) is 20.1. The molecule has 0 bridgehead atoms. The Hall–Kier alpha value is -3.97. The van der Waals surface area contributed by atoms with Crippen LogP contribution in [0.5, 0.6) is 0 Å². The monoisotopic (exact) mass is 577 g/mol. The lowest BCUT2D eigenvalue weighted by atomic mass is 10.00. The van der Waals surface area contributed by atoms with Crippen LogP contribution in [-0.4, -0.2) is 95.1 Å². The fourth-order valence-electron chi connectivity index (χ4n) is 4.01. The van der Waals surface area contributed by atoms with Crippen molar-refractivity contribution < 1.29 is 24.3 Å². The average Bonchev–Trinajstić information content (AvgIpc) is 3.56. The zero-order valence-corrected chi connectivity index (χ0v) is 22.1. The van der Waals surface area contributed by atoms with E-state index in [1.165, 1.54) is 28.9 Å². The minimum absolute atomic E-state index is 0.165. The van der Waals surface area contributed by atoms with E-state index in [0.717, 1.165) is 16.2 Å². The Morgan fingerprint density at radius 2 is 2.21 bits per heavy atom. The molecule has 0 spiro atoms. The number of carbonyl (C=O) groups excluding carboxylic acids is 2. The molecule has 1 saturated heterocycles. The maximum absolute atomic E-state index is 13.1. The van der Waals surface area contributed by atoms with Gasteiger partial charge in [0.15, 0.2) is 10.8 Å². The largest absolute Gasteiger partial charge is 0.477 e. The minimum atomic E-state index is -1.31. The van der Waals surface area contributed by atoms with Crippen LogP contribution in [0, 0.1) is 0 Å². The van der Waals surface area contributed by atoms with Crippen molar-refractivity contribution in [3.05, 3.63) is 34.1 Å². The van der Waals surface area contributed by atoms with E-state index in [1.807, 2.05) is 0 Å². The maximum Gasteiger partial charge on any atom is 0.352 e. The summed E-state index contributed by atoms with van der Waals surface area (Å²) < 4.78 is 1.21. The Balaban J connectivity index is 1.41. The van der Waals surface area contributed by atoms with Crippen LogP contribution < -0.4 is 16.4 Å². The summed E-state index contributed by atoms with van der Waals surface area (Å²) in [5, 5.41) is 35.3.